The zero-order valence-corrected chi connectivity index (χ0v) is 10.7. The molecule has 0 unspecified atom stereocenters. The Morgan fingerprint density at radius 1 is 1.00 bits per heavy atom. The number of halogens is 3. The van der Waals surface area contributed by atoms with Crippen LogP contribution in [0.15, 0.2) is 42.5 Å². The molecule has 5 N–H and O–H groups in total. The van der Waals surface area contributed by atoms with Gasteiger partial charge < -0.3 is 16.8 Å². The topological polar surface area (TPSA) is 81.1 Å². The number of amides is 1. The summed E-state index contributed by atoms with van der Waals surface area (Å²) in [6.45, 7) is 0. The molecule has 0 aromatic heterocycles. The Morgan fingerprint density at radius 3 is 2.33 bits per heavy atom. The SMILES string of the molecule is Nc1cccc(C(=O)Nc2ccccc2C(F)(F)F)c1N. The van der Waals surface area contributed by atoms with Crippen molar-refractivity contribution in [2.24, 2.45) is 0 Å². The zero-order chi connectivity index (χ0) is 15.6. The number of nitrogen functional groups attached to an aromatic ring is 2. The number of para-hydroxylation sites is 2. The molecule has 1 amide bonds. The van der Waals surface area contributed by atoms with E-state index in [-0.39, 0.29) is 22.6 Å². The van der Waals surface area contributed by atoms with Gasteiger partial charge in [-0.15, -0.1) is 0 Å². The molecule has 2 rings (SSSR count). The van der Waals surface area contributed by atoms with Crippen molar-refractivity contribution >= 4 is 23.0 Å². The molecule has 0 fully saturated rings. The van der Waals surface area contributed by atoms with E-state index in [1.807, 2.05) is 0 Å². The van der Waals surface area contributed by atoms with Crippen LogP contribution in [0.1, 0.15) is 15.9 Å². The molecule has 21 heavy (non-hydrogen) atoms. The van der Waals surface area contributed by atoms with Gasteiger partial charge in [0.25, 0.3) is 5.91 Å². The van der Waals surface area contributed by atoms with Crippen LogP contribution in [0.4, 0.5) is 30.2 Å². The first kappa shape index (κ1) is 14.7. The van der Waals surface area contributed by atoms with Gasteiger partial charge in [-0.05, 0) is 24.3 Å². The fourth-order valence-electron chi connectivity index (χ4n) is 1.81. The zero-order valence-electron chi connectivity index (χ0n) is 10.7. The van der Waals surface area contributed by atoms with Gasteiger partial charge in [0, 0.05) is 0 Å². The van der Waals surface area contributed by atoms with Gasteiger partial charge in [0.1, 0.15) is 0 Å². The lowest BCUT2D eigenvalue weighted by Crippen LogP contribution is -2.18. The maximum Gasteiger partial charge on any atom is 0.418 e. The van der Waals surface area contributed by atoms with E-state index in [1.54, 1.807) is 0 Å². The Balaban J connectivity index is 2.35. The highest BCUT2D eigenvalue weighted by Gasteiger charge is 2.33. The molecule has 0 aliphatic carbocycles. The molecule has 7 heteroatoms. The second-order valence-corrected chi connectivity index (χ2v) is 4.31. The largest absolute Gasteiger partial charge is 0.418 e. The van der Waals surface area contributed by atoms with Crippen LogP contribution in [0, 0.1) is 0 Å². The van der Waals surface area contributed by atoms with Gasteiger partial charge in [0.15, 0.2) is 0 Å². The van der Waals surface area contributed by atoms with Crippen LogP contribution in [-0.4, -0.2) is 5.91 Å². The van der Waals surface area contributed by atoms with Crippen LogP contribution in [0.3, 0.4) is 0 Å². The molecule has 110 valence electrons. The third-order valence-corrected chi connectivity index (χ3v) is 2.87. The number of anilines is 3. The van der Waals surface area contributed by atoms with Crippen molar-refractivity contribution in [1.82, 2.24) is 0 Å². The molecule has 0 spiro atoms. The maximum absolute atomic E-state index is 12.8. The predicted molar refractivity (Wildman–Crippen MR) is 74.7 cm³/mol. The van der Waals surface area contributed by atoms with Gasteiger partial charge in [-0.2, -0.15) is 13.2 Å². The maximum atomic E-state index is 12.8. The van der Waals surface area contributed by atoms with Crippen LogP contribution in [0.2, 0.25) is 0 Å². The summed E-state index contributed by atoms with van der Waals surface area (Å²) in [6.07, 6.45) is -4.56. The van der Waals surface area contributed by atoms with Crippen molar-refractivity contribution in [2.75, 3.05) is 16.8 Å². The first-order valence-electron chi connectivity index (χ1n) is 5.92. The van der Waals surface area contributed by atoms with Gasteiger partial charge >= 0.3 is 6.18 Å². The van der Waals surface area contributed by atoms with Crippen molar-refractivity contribution in [3.05, 3.63) is 53.6 Å². The number of hydrogen-bond acceptors (Lipinski definition) is 3. The number of alkyl halides is 3. The van der Waals surface area contributed by atoms with E-state index in [0.29, 0.717) is 0 Å². The molecule has 2 aromatic carbocycles. The number of hydrogen-bond donors (Lipinski definition) is 3. The molecular weight excluding hydrogens is 283 g/mol. The molecular formula is C14H12F3N3O. The third-order valence-electron chi connectivity index (χ3n) is 2.87. The lowest BCUT2D eigenvalue weighted by atomic mass is 10.1. The van der Waals surface area contributed by atoms with Gasteiger partial charge in [-0.3, -0.25) is 4.79 Å². The monoisotopic (exact) mass is 295 g/mol. The molecule has 0 aliphatic heterocycles. The lowest BCUT2D eigenvalue weighted by Gasteiger charge is -2.14. The summed E-state index contributed by atoms with van der Waals surface area (Å²) in [7, 11) is 0. The summed E-state index contributed by atoms with van der Waals surface area (Å²) >= 11 is 0. The smallest absolute Gasteiger partial charge is 0.397 e. The standard InChI is InChI=1S/C14H12F3N3O/c15-14(16,17)9-5-1-2-7-11(9)20-13(21)8-4-3-6-10(18)12(8)19/h1-7H,18-19H2,(H,20,21). The Kier molecular flexibility index (Phi) is 3.75. The highest BCUT2D eigenvalue weighted by molar-refractivity contribution is 6.09. The summed E-state index contributed by atoms with van der Waals surface area (Å²) in [6, 6.07) is 9.08. The quantitative estimate of drug-likeness (QED) is 0.744. The van der Waals surface area contributed by atoms with Crippen molar-refractivity contribution in [2.45, 2.75) is 6.18 Å². The summed E-state index contributed by atoms with van der Waals surface area (Å²) < 4.78 is 38.5. The molecule has 0 saturated carbocycles. The Labute approximate surface area is 118 Å². The van der Waals surface area contributed by atoms with Gasteiger partial charge in [-0.1, -0.05) is 18.2 Å². The molecule has 0 atom stereocenters. The predicted octanol–water partition coefficient (Wildman–Crippen LogP) is 3.12. The van der Waals surface area contributed by atoms with E-state index < -0.39 is 17.6 Å². The average molecular weight is 295 g/mol. The van der Waals surface area contributed by atoms with Crippen LogP contribution in [-0.2, 0) is 6.18 Å². The Morgan fingerprint density at radius 2 is 1.67 bits per heavy atom. The van der Waals surface area contributed by atoms with E-state index >= 15 is 0 Å². The second-order valence-electron chi connectivity index (χ2n) is 4.31. The highest BCUT2D eigenvalue weighted by Crippen LogP contribution is 2.35. The Bertz CT molecular complexity index is 683. The van der Waals surface area contributed by atoms with Crippen molar-refractivity contribution < 1.29 is 18.0 Å². The second kappa shape index (κ2) is 5.35. The van der Waals surface area contributed by atoms with E-state index in [2.05, 4.69) is 5.32 Å². The third kappa shape index (κ3) is 3.07. The number of benzene rings is 2. The van der Waals surface area contributed by atoms with E-state index in [1.165, 1.54) is 36.4 Å². The molecule has 2 aromatic rings. The van der Waals surface area contributed by atoms with E-state index in [9.17, 15) is 18.0 Å². The lowest BCUT2D eigenvalue weighted by molar-refractivity contribution is -0.136. The van der Waals surface area contributed by atoms with Gasteiger partial charge in [-0.25, -0.2) is 0 Å². The number of carbonyl (C=O) groups is 1. The normalized spacial score (nSPS) is 11.2. The summed E-state index contributed by atoms with van der Waals surface area (Å²) in [5, 5.41) is 2.21. The van der Waals surface area contributed by atoms with Crippen molar-refractivity contribution in [1.29, 1.82) is 0 Å². The summed E-state index contributed by atoms with van der Waals surface area (Å²) in [5.74, 6) is -0.753. The fourth-order valence-corrected chi connectivity index (χ4v) is 1.81. The van der Waals surface area contributed by atoms with Crippen LogP contribution >= 0.6 is 0 Å². The molecule has 0 bridgehead atoms. The van der Waals surface area contributed by atoms with Crippen molar-refractivity contribution in [3.8, 4) is 0 Å². The first-order chi connectivity index (χ1) is 9.80. The van der Waals surface area contributed by atoms with Gasteiger partial charge in [0.05, 0.1) is 28.2 Å². The number of nitrogens with one attached hydrogen (secondary N) is 1. The summed E-state index contributed by atoms with van der Waals surface area (Å²) in [5.41, 5.74) is 10.2. The number of rotatable bonds is 2. The minimum Gasteiger partial charge on any atom is -0.397 e. The first-order valence-corrected chi connectivity index (χ1v) is 5.92. The van der Waals surface area contributed by atoms with E-state index in [0.717, 1.165) is 6.07 Å². The molecule has 4 nitrogen and oxygen atoms in total. The minimum absolute atomic E-state index is 0.0203. The molecule has 0 saturated heterocycles. The fraction of sp³-hybridized carbons (Fsp3) is 0.0714. The molecule has 0 heterocycles. The van der Waals surface area contributed by atoms with Crippen LogP contribution in [0.5, 0.6) is 0 Å². The number of nitrogens with two attached hydrogens (primary N) is 2. The highest BCUT2D eigenvalue weighted by atomic mass is 19.4. The van der Waals surface area contributed by atoms with Crippen LogP contribution < -0.4 is 16.8 Å². The van der Waals surface area contributed by atoms with E-state index in [4.69, 9.17) is 11.5 Å². The van der Waals surface area contributed by atoms with Crippen molar-refractivity contribution in [3.63, 3.8) is 0 Å². The molecule has 0 radical (unpaired) electrons. The Hall–Kier alpha value is -2.70. The van der Waals surface area contributed by atoms with Crippen LogP contribution in [0.25, 0.3) is 0 Å². The minimum atomic E-state index is -4.56. The summed E-state index contributed by atoms with van der Waals surface area (Å²) in [4.78, 5) is 12.1. The average Bonchev–Trinajstić information content (AvgIpc) is 2.41. The number of carbonyl (C=O) groups excluding carboxylic acids is 1. The van der Waals surface area contributed by atoms with Gasteiger partial charge in [0.2, 0.25) is 0 Å². The molecule has 0 aliphatic rings.